The summed E-state index contributed by atoms with van der Waals surface area (Å²) in [6.07, 6.45) is -7.28. The molecule has 0 saturated carbocycles. The van der Waals surface area contributed by atoms with Gasteiger partial charge in [0, 0.05) is 0 Å². The highest BCUT2D eigenvalue weighted by atomic mass is 16.7. The molecule has 0 aromatic rings. The third-order valence-electron chi connectivity index (χ3n) is 5.16. The summed E-state index contributed by atoms with van der Waals surface area (Å²) in [6, 6.07) is 0. The lowest BCUT2D eigenvalue weighted by Gasteiger charge is -2.44. The molecule has 0 bridgehead atoms. The Labute approximate surface area is 214 Å². The second kappa shape index (κ2) is 11.0. The minimum atomic E-state index is -1.56. The largest absolute Gasteiger partial charge is 0.462 e. The first kappa shape index (κ1) is 31.8. The van der Waals surface area contributed by atoms with E-state index in [2.05, 4.69) is 0 Å². The van der Waals surface area contributed by atoms with Gasteiger partial charge in [-0.25, -0.2) is 0 Å². The summed E-state index contributed by atoms with van der Waals surface area (Å²) in [4.78, 5) is 50.6. The molecule has 1 aliphatic heterocycles. The van der Waals surface area contributed by atoms with Gasteiger partial charge in [0.1, 0.15) is 18.8 Å². The molecule has 1 aliphatic rings. The third kappa shape index (κ3) is 8.73. The van der Waals surface area contributed by atoms with Gasteiger partial charge in [0.2, 0.25) is 12.4 Å². The number of aliphatic hydroxyl groups excluding tert-OH is 1. The number of carbonyl (C=O) groups is 4. The van der Waals surface area contributed by atoms with Crippen LogP contribution >= 0.6 is 0 Å². The van der Waals surface area contributed by atoms with Gasteiger partial charge in [-0.05, 0) is 83.1 Å². The summed E-state index contributed by atoms with van der Waals surface area (Å²) in [5, 5.41) is 11.1. The van der Waals surface area contributed by atoms with Crippen molar-refractivity contribution in [2.45, 2.75) is 114 Å². The van der Waals surface area contributed by atoms with Gasteiger partial charge < -0.3 is 28.8 Å². The first-order valence-electron chi connectivity index (χ1n) is 12.1. The molecular formula is C26H44O10. The maximum absolute atomic E-state index is 12.8. The average molecular weight is 517 g/mol. The molecule has 0 aromatic carbocycles. The van der Waals surface area contributed by atoms with Crippen LogP contribution in [0.25, 0.3) is 0 Å². The summed E-state index contributed by atoms with van der Waals surface area (Å²) >= 11 is 0. The molecule has 5 unspecified atom stereocenters. The Morgan fingerprint density at radius 2 is 0.972 bits per heavy atom. The first-order chi connectivity index (χ1) is 16.0. The van der Waals surface area contributed by atoms with Gasteiger partial charge in [0.05, 0.1) is 21.7 Å². The molecule has 0 spiro atoms. The molecule has 10 nitrogen and oxygen atoms in total. The Balaban J connectivity index is 3.45. The molecule has 0 aromatic heterocycles. The quantitative estimate of drug-likeness (QED) is 0.429. The lowest BCUT2D eigenvalue weighted by atomic mass is 9.93. The van der Waals surface area contributed by atoms with Crippen molar-refractivity contribution in [2.24, 2.45) is 21.7 Å². The third-order valence-corrected chi connectivity index (χ3v) is 5.16. The van der Waals surface area contributed by atoms with E-state index < -0.39 is 82.8 Å². The van der Waals surface area contributed by atoms with E-state index in [9.17, 15) is 24.3 Å². The predicted molar refractivity (Wildman–Crippen MR) is 129 cm³/mol. The molecule has 1 saturated heterocycles. The average Bonchev–Trinajstić information content (AvgIpc) is 2.67. The maximum atomic E-state index is 12.8. The van der Waals surface area contributed by atoms with Crippen molar-refractivity contribution < 1.29 is 48.0 Å². The van der Waals surface area contributed by atoms with Gasteiger partial charge in [-0.3, -0.25) is 19.2 Å². The van der Waals surface area contributed by atoms with E-state index in [0.29, 0.717) is 0 Å². The zero-order valence-electron chi connectivity index (χ0n) is 23.7. The van der Waals surface area contributed by atoms with Crippen molar-refractivity contribution in [1.29, 1.82) is 0 Å². The van der Waals surface area contributed by atoms with Crippen LogP contribution in [0.4, 0.5) is 0 Å². The highest BCUT2D eigenvalue weighted by Gasteiger charge is 2.53. The van der Waals surface area contributed by atoms with E-state index in [1.807, 2.05) is 0 Å². The molecule has 36 heavy (non-hydrogen) atoms. The summed E-state index contributed by atoms with van der Waals surface area (Å²) in [7, 11) is 0. The van der Waals surface area contributed by atoms with Crippen LogP contribution in [0, 0.1) is 21.7 Å². The Morgan fingerprint density at radius 3 is 1.36 bits per heavy atom. The number of ether oxygens (including phenoxy) is 5. The highest BCUT2D eigenvalue weighted by molar-refractivity contribution is 5.77. The van der Waals surface area contributed by atoms with Crippen LogP contribution in [0.15, 0.2) is 0 Å². The molecule has 0 radical (unpaired) electrons. The van der Waals surface area contributed by atoms with Crippen LogP contribution in [-0.2, 0) is 42.9 Å². The van der Waals surface area contributed by atoms with E-state index >= 15 is 0 Å². The molecule has 5 atom stereocenters. The van der Waals surface area contributed by atoms with E-state index in [0.717, 1.165) is 0 Å². The molecule has 0 amide bonds. The van der Waals surface area contributed by atoms with E-state index in [4.69, 9.17) is 23.7 Å². The molecule has 208 valence electrons. The normalized spacial score (nSPS) is 25.5. The van der Waals surface area contributed by atoms with E-state index in [-0.39, 0.29) is 0 Å². The fourth-order valence-corrected chi connectivity index (χ4v) is 2.64. The maximum Gasteiger partial charge on any atom is 0.313 e. The van der Waals surface area contributed by atoms with Gasteiger partial charge in [-0.15, -0.1) is 0 Å². The standard InChI is InChI=1S/C26H44O10/c1-23(2,3)19(28)32-13-14-15(27)16(34-20(29)24(4,5)6)17(35-21(30)25(7,8)9)18(33-14)36-22(31)26(10,11)12/h14-18,27H,13H2,1-12H3. The minimum absolute atomic E-state index is 0.412. The molecule has 1 heterocycles. The number of rotatable bonds is 5. The fraction of sp³-hybridized carbons (Fsp3) is 0.846. The van der Waals surface area contributed by atoms with Gasteiger partial charge >= 0.3 is 23.9 Å². The van der Waals surface area contributed by atoms with E-state index in [1.165, 1.54) is 0 Å². The first-order valence-corrected chi connectivity index (χ1v) is 12.1. The van der Waals surface area contributed by atoms with Crippen LogP contribution in [0.2, 0.25) is 0 Å². The SMILES string of the molecule is CC(C)(C)C(=O)OCC1OC(OC(=O)C(C)(C)C)C(OC(=O)C(C)(C)C)C(OC(=O)C(C)(C)C)C1O. The molecule has 1 rings (SSSR count). The lowest BCUT2D eigenvalue weighted by molar-refractivity contribution is -0.303. The monoisotopic (exact) mass is 516 g/mol. The number of carbonyl (C=O) groups excluding carboxylic acids is 4. The van der Waals surface area contributed by atoms with Crippen LogP contribution in [0.5, 0.6) is 0 Å². The van der Waals surface area contributed by atoms with Gasteiger partial charge in [-0.2, -0.15) is 0 Å². The highest BCUT2D eigenvalue weighted by Crippen LogP contribution is 2.33. The van der Waals surface area contributed by atoms with Crippen LogP contribution in [0.3, 0.4) is 0 Å². The van der Waals surface area contributed by atoms with Crippen molar-refractivity contribution >= 4 is 23.9 Å². The van der Waals surface area contributed by atoms with Crippen molar-refractivity contribution in [3.63, 3.8) is 0 Å². The zero-order valence-corrected chi connectivity index (χ0v) is 23.7. The van der Waals surface area contributed by atoms with Gasteiger partial charge in [0.15, 0.2) is 6.10 Å². The van der Waals surface area contributed by atoms with Gasteiger partial charge in [-0.1, -0.05) is 0 Å². The summed E-state index contributed by atoms with van der Waals surface area (Å²) < 4.78 is 27.9. The van der Waals surface area contributed by atoms with Crippen molar-refractivity contribution in [3.8, 4) is 0 Å². The summed E-state index contributed by atoms with van der Waals surface area (Å²) in [5.74, 6) is -2.59. The van der Waals surface area contributed by atoms with Crippen LogP contribution in [0.1, 0.15) is 83.1 Å². The molecule has 0 aliphatic carbocycles. The van der Waals surface area contributed by atoms with Crippen molar-refractivity contribution in [1.82, 2.24) is 0 Å². The topological polar surface area (TPSA) is 135 Å². The zero-order chi connectivity index (χ0) is 28.4. The summed E-state index contributed by atoms with van der Waals surface area (Å²) in [5.41, 5.74) is -3.67. The van der Waals surface area contributed by atoms with Gasteiger partial charge in [0.25, 0.3) is 0 Å². The number of esters is 4. The second-order valence-corrected chi connectivity index (χ2v) is 13.3. The van der Waals surface area contributed by atoms with Crippen molar-refractivity contribution in [2.75, 3.05) is 6.61 Å². The van der Waals surface area contributed by atoms with Crippen molar-refractivity contribution in [3.05, 3.63) is 0 Å². The molecule has 10 heteroatoms. The van der Waals surface area contributed by atoms with E-state index in [1.54, 1.807) is 83.1 Å². The Morgan fingerprint density at radius 1 is 0.611 bits per heavy atom. The summed E-state index contributed by atoms with van der Waals surface area (Å²) in [6.45, 7) is 19.2. The molecular weight excluding hydrogens is 472 g/mol. The Hall–Kier alpha value is -2.20. The smallest absolute Gasteiger partial charge is 0.313 e. The fourth-order valence-electron chi connectivity index (χ4n) is 2.64. The number of aliphatic hydroxyl groups is 1. The number of hydrogen-bond donors (Lipinski definition) is 1. The lowest BCUT2D eigenvalue weighted by Crippen LogP contribution is -2.63. The molecule has 1 fully saturated rings. The number of hydrogen-bond acceptors (Lipinski definition) is 10. The second-order valence-electron chi connectivity index (χ2n) is 13.3. The Bertz CT molecular complexity index is 820. The van der Waals surface area contributed by atoms with Crippen LogP contribution in [-0.4, -0.2) is 66.3 Å². The minimum Gasteiger partial charge on any atom is -0.462 e. The predicted octanol–water partition coefficient (Wildman–Crippen LogP) is 3.17. The molecule has 1 N–H and O–H groups in total. The van der Waals surface area contributed by atoms with Crippen LogP contribution < -0.4 is 0 Å². The Kier molecular flexibility index (Phi) is 9.77.